The third-order valence-electron chi connectivity index (χ3n) is 5.18. The maximum absolute atomic E-state index is 3.53. The van der Waals surface area contributed by atoms with E-state index in [1.165, 1.54) is 38.0 Å². The molecule has 0 aliphatic carbocycles. The summed E-state index contributed by atoms with van der Waals surface area (Å²) in [5.74, 6) is 0.872. The third kappa shape index (κ3) is 2.71. The highest BCUT2D eigenvalue weighted by Crippen LogP contribution is 2.37. The summed E-state index contributed by atoms with van der Waals surface area (Å²) in [6, 6.07) is 6.88. The van der Waals surface area contributed by atoms with Crippen molar-refractivity contribution in [1.29, 1.82) is 0 Å². The fraction of sp³-hybridized carbons (Fsp3) is 0.667. The van der Waals surface area contributed by atoms with Gasteiger partial charge >= 0.3 is 0 Å². The summed E-state index contributed by atoms with van der Waals surface area (Å²) >= 11 is 0. The van der Waals surface area contributed by atoms with Crippen molar-refractivity contribution in [1.82, 2.24) is 5.32 Å². The highest BCUT2D eigenvalue weighted by atomic mass is 15.1. The molecule has 1 aromatic carbocycles. The molecule has 0 saturated carbocycles. The first-order valence-electron chi connectivity index (χ1n) is 8.12. The van der Waals surface area contributed by atoms with Gasteiger partial charge in [0.2, 0.25) is 0 Å². The first-order valence-corrected chi connectivity index (χ1v) is 8.12. The Balaban J connectivity index is 1.76. The van der Waals surface area contributed by atoms with Crippen LogP contribution in [-0.4, -0.2) is 19.6 Å². The van der Waals surface area contributed by atoms with E-state index in [1.807, 2.05) is 0 Å². The van der Waals surface area contributed by atoms with Gasteiger partial charge in [0.15, 0.2) is 0 Å². The molecule has 3 rings (SSSR count). The summed E-state index contributed by atoms with van der Waals surface area (Å²) in [6.07, 6.45) is 3.85. The number of fused-ring (bicyclic) bond motifs is 1. The predicted octanol–water partition coefficient (Wildman–Crippen LogP) is 3.59. The van der Waals surface area contributed by atoms with Crippen LogP contribution in [0.2, 0.25) is 0 Å². The van der Waals surface area contributed by atoms with Crippen LogP contribution in [0, 0.1) is 11.3 Å². The fourth-order valence-corrected chi connectivity index (χ4v) is 3.78. The van der Waals surface area contributed by atoms with Crippen molar-refractivity contribution in [2.45, 2.75) is 46.6 Å². The van der Waals surface area contributed by atoms with Crippen molar-refractivity contribution in [3.8, 4) is 0 Å². The smallest absolute Gasteiger partial charge is 0.0414 e. The fourth-order valence-electron chi connectivity index (χ4n) is 3.78. The zero-order valence-corrected chi connectivity index (χ0v) is 13.2. The molecule has 0 aromatic heterocycles. The van der Waals surface area contributed by atoms with E-state index in [9.17, 15) is 0 Å². The zero-order chi connectivity index (χ0) is 14.2. The maximum Gasteiger partial charge on any atom is 0.0414 e. The number of hydrogen-bond acceptors (Lipinski definition) is 2. The summed E-state index contributed by atoms with van der Waals surface area (Å²) in [4.78, 5) is 2.62. The lowest BCUT2D eigenvalue weighted by Crippen LogP contribution is -2.39. The van der Waals surface area contributed by atoms with Gasteiger partial charge in [0.25, 0.3) is 0 Å². The number of piperidine rings is 1. The summed E-state index contributed by atoms with van der Waals surface area (Å²) in [7, 11) is 0. The minimum Gasteiger partial charge on any atom is -0.371 e. The largest absolute Gasteiger partial charge is 0.371 e. The van der Waals surface area contributed by atoms with Crippen LogP contribution in [0.5, 0.6) is 0 Å². The van der Waals surface area contributed by atoms with E-state index in [0.29, 0.717) is 5.41 Å². The van der Waals surface area contributed by atoms with Crippen LogP contribution in [0.3, 0.4) is 0 Å². The molecule has 1 fully saturated rings. The summed E-state index contributed by atoms with van der Waals surface area (Å²) in [5, 5.41) is 3.53. The van der Waals surface area contributed by atoms with Crippen molar-refractivity contribution >= 4 is 5.69 Å². The molecule has 2 heterocycles. The Labute approximate surface area is 123 Å². The number of nitrogens with zero attached hydrogens (tertiary/aromatic N) is 1. The van der Waals surface area contributed by atoms with Crippen LogP contribution < -0.4 is 10.2 Å². The van der Waals surface area contributed by atoms with Gasteiger partial charge in [-0.1, -0.05) is 32.9 Å². The molecular formula is C18H28N2. The van der Waals surface area contributed by atoms with E-state index in [2.05, 4.69) is 49.2 Å². The van der Waals surface area contributed by atoms with Gasteiger partial charge in [0.1, 0.15) is 0 Å². The lowest BCUT2D eigenvalue weighted by atomic mass is 9.75. The molecule has 1 saturated heterocycles. The Morgan fingerprint density at radius 3 is 2.60 bits per heavy atom. The average Bonchev–Trinajstić information content (AvgIpc) is 2.46. The van der Waals surface area contributed by atoms with Gasteiger partial charge in [-0.2, -0.15) is 0 Å². The quantitative estimate of drug-likeness (QED) is 0.840. The van der Waals surface area contributed by atoms with Gasteiger partial charge in [-0.3, -0.25) is 0 Å². The van der Waals surface area contributed by atoms with Crippen LogP contribution in [0.25, 0.3) is 0 Å². The molecule has 0 radical (unpaired) electrons. The molecular weight excluding hydrogens is 244 g/mol. The Kier molecular flexibility index (Phi) is 3.76. The van der Waals surface area contributed by atoms with Crippen LogP contribution in [0.15, 0.2) is 18.2 Å². The second kappa shape index (κ2) is 5.40. The maximum atomic E-state index is 3.53. The number of anilines is 1. The number of hydrogen-bond donors (Lipinski definition) is 1. The van der Waals surface area contributed by atoms with E-state index in [1.54, 1.807) is 11.1 Å². The van der Waals surface area contributed by atoms with E-state index < -0.39 is 0 Å². The lowest BCUT2D eigenvalue weighted by molar-refractivity contribution is 0.199. The molecule has 0 unspecified atom stereocenters. The molecule has 2 heteroatoms. The van der Waals surface area contributed by atoms with Crippen molar-refractivity contribution in [3.05, 3.63) is 29.3 Å². The van der Waals surface area contributed by atoms with E-state index in [0.717, 1.165) is 19.0 Å². The van der Waals surface area contributed by atoms with E-state index in [4.69, 9.17) is 0 Å². The minimum absolute atomic E-state index is 0.462. The zero-order valence-electron chi connectivity index (χ0n) is 13.2. The Hall–Kier alpha value is -1.02. The molecule has 2 nitrogen and oxygen atoms in total. The van der Waals surface area contributed by atoms with Gasteiger partial charge < -0.3 is 10.2 Å². The number of benzene rings is 1. The monoisotopic (exact) mass is 272 g/mol. The van der Waals surface area contributed by atoms with Crippen molar-refractivity contribution in [2.75, 3.05) is 24.5 Å². The topological polar surface area (TPSA) is 15.3 Å². The van der Waals surface area contributed by atoms with Gasteiger partial charge in [-0.15, -0.1) is 0 Å². The standard InChI is InChI=1S/C18H28N2/c1-18(2,3)15-8-11-20(12-9-15)17-6-4-5-14-7-10-19-13-16(14)17/h4-6,15,19H,7-13H2,1-3H3. The average molecular weight is 272 g/mol. The van der Waals surface area contributed by atoms with Gasteiger partial charge in [0.05, 0.1) is 0 Å². The van der Waals surface area contributed by atoms with Crippen molar-refractivity contribution in [3.63, 3.8) is 0 Å². The Morgan fingerprint density at radius 1 is 1.15 bits per heavy atom. The second-order valence-electron chi connectivity index (χ2n) is 7.47. The molecule has 0 spiro atoms. The summed E-state index contributed by atoms with van der Waals surface area (Å²) in [5.41, 5.74) is 5.05. The normalized spacial score (nSPS) is 20.9. The molecule has 0 amide bonds. The van der Waals surface area contributed by atoms with Crippen molar-refractivity contribution < 1.29 is 0 Å². The second-order valence-corrected chi connectivity index (χ2v) is 7.47. The molecule has 2 aliphatic rings. The number of rotatable bonds is 1. The van der Waals surface area contributed by atoms with Gasteiger partial charge in [-0.05, 0) is 54.3 Å². The molecule has 0 atom stereocenters. The first kappa shape index (κ1) is 13.9. The van der Waals surface area contributed by atoms with Crippen LogP contribution in [-0.2, 0) is 13.0 Å². The predicted molar refractivity (Wildman–Crippen MR) is 86.2 cm³/mol. The van der Waals surface area contributed by atoms with E-state index >= 15 is 0 Å². The molecule has 1 aromatic rings. The molecule has 0 bridgehead atoms. The highest BCUT2D eigenvalue weighted by molar-refractivity contribution is 5.57. The summed E-state index contributed by atoms with van der Waals surface area (Å²) in [6.45, 7) is 11.8. The third-order valence-corrected chi connectivity index (χ3v) is 5.18. The van der Waals surface area contributed by atoms with Crippen molar-refractivity contribution in [2.24, 2.45) is 11.3 Å². The lowest BCUT2D eigenvalue weighted by Gasteiger charge is -2.40. The first-order chi connectivity index (χ1) is 9.55. The van der Waals surface area contributed by atoms with Gasteiger partial charge in [0, 0.05) is 25.3 Å². The Bertz CT molecular complexity index is 465. The van der Waals surface area contributed by atoms with Crippen LogP contribution in [0.4, 0.5) is 5.69 Å². The van der Waals surface area contributed by atoms with Crippen LogP contribution in [0.1, 0.15) is 44.7 Å². The Morgan fingerprint density at radius 2 is 1.90 bits per heavy atom. The highest BCUT2D eigenvalue weighted by Gasteiger charge is 2.29. The van der Waals surface area contributed by atoms with Gasteiger partial charge in [-0.25, -0.2) is 0 Å². The minimum atomic E-state index is 0.462. The van der Waals surface area contributed by atoms with E-state index in [-0.39, 0.29) is 0 Å². The summed E-state index contributed by atoms with van der Waals surface area (Å²) < 4.78 is 0. The SMILES string of the molecule is CC(C)(C)C1CCN(c2cccc3c2CNCC3)CC1. The molecule has 110 valence electrons. The molecule has 2 aliphatic heterocycles. The number of nitrogens with one attached hydrogen (secondary N) is 1. The molecule has 20 heavy (non-hydrogen) atoms. The molecule has 1 N–H and O–H groups in total. The van der Waals surface area contributed by atoms with Crippen LogP contribution >= 0.6 is 0 Å².